The summed E-state index contributed by atoms with van der Waals surface area (Å²) in [6.45, 7) is 6.68. The molecule has 2 N–H and O–H groups in total. The molecule has 7 aliphatic rings. The molecule has 1 saturated carbocycles. The molecule has 13 nitrogen and oxygen atoms in total. The van der Waals surface area contributed by atoms with Crippen LogP contribution in [0.2, 0.25) is 0 Å². The lowest BCUT2D eigenvalue weighted by molar-refractivity contribution is -0.347. The van der Waals surface area contributed by atoms with Crippen molar-refractivity contribution in [2.24, 2.45) is 0 Å². The highest BCUT2D eigenvalue weighted by Crippen LogP contribution is 2.52. The third-order valence-corrected chi connectivity index (χ3v) is 11.1. The van der Waals surface area contributed by atoms with E-state index in [2.05, 4.69) is 0 Å². The molecule has 6 unspecified atom stereocenters. The summed E-state index contributed by atoms with van der Waals surface area (Å²) in [6.07, 6.45) is -0.358. The van der Waals surface area contributed by atoms with E-state index in [1.807, 2.05) is 6.92 Å². The second-order valence-corrected chi connectivity index (χ2v) is 14.7. The van der Waals surface area contributed by atoms with Crippen molar-refractivity contribution in [3.8, 4) is 0 Å². The third-order valence-electron chi connectivity index (χ3n) is 11.1. The minimum absolute atomic E-state index is 0.0193. The predicted molar refractivity (Wildman–Crippen MR) is 169 cm³/mol. The van der Waals surface area contributed by atoms with Gasteiger partial charge in [0.25, 0.3) is 0 Å². The van der Waals surface area contributed by atoms with Gasteiger partial charge in [-0.3, -0.25) is 24.0 Å². The summed E-state index contributed by atoms with van der Waals surface area (Å²) in [5, 5.41) is 23.9. The van der Waals surface area contributed by atoms with Crippen LogP contribution in [0.15, 0.2) is 53.6 Å². The topological polar surface area (TPSA) is 181 Å². The van der Waals surface area contributed by atoms with Gasteiger partial charge in [-0.15, -0.1) is 0 Å². The summed E-state index contributed by atoms with van der Waals surface area (Å²) in [4.78, 5) is 66.2. The normalized spacial score (nSPS) is 44.0. The van der Waals surface area contributed by atoms with Crippen molar-refractivity contribution in [2.75, 3.05) is 0 Å². The maximum atomic E-state index is 14.1. The molecule has 264 valence electrons. The number of ketones is 5. The molecule has 4 heterocycles. The zero-order chi connectivity index (χ0) is 35.5. The Labute approximate surface area is 287 Å². The summed E-state index contributed by atoms with van der Waals surface area (Å²) in [5.74, 6) is -2.54. The van der Waals surface area contributed by atoms with Crippen molar-refractivity contribution >= 4 is 28.9 Å². The standard InChI is InChI=1S/C37H38O13/c1-16-23(38)7-8-29(46-16)50-35(4)14-28(40)37(44)30-21(9-10-36(37,43)15-35)31(41)22-11-19(5-6-20(22)32(30)42)25-13-26-33(18(3)45-25)49-34-27(48-26)12-24(39)17(2)47-34/h5-11,16-18,25-27,29,33-34,43-44H,12-15H2,1-4H3/t16?,17?,18-,25?,26+,27?,29?,33-,34?,35-,36-,37+/m0/s1. The third kappa shape index (κ3) is 5.01. The smallest absolute Gasteiger partial charge is 0.194 e. The fraction of sp³-hybridized carbons (Fsp3) is 0.541. The van der Waals surface area contributed by atoms with E-state index in [9.17, 15) is 34.2 Å². The maximum Gasteiger partial charge on any atom is 0.194 e. The van der Waals surface area contributed by atoms with Gasteiger partial charge in [0.1, 0.15) is 30.0 Å². The minimum atomic E-state index is -2.72. The fourth-order valence-electron chi connectivity index (χ4n) is 8.48. The van der Waals surface area contributed by atoms with Crippen LogP contribution in [0, 0.1) is 0 Å². The number of fused-ring (bicyclic) bond motifs is 5. The van der Waals surface area contributed by atoms with Crippen molar-refractivity contribution in [3.63, 3.8) is 0 Å². The summed E-state index contributed by atoms with van der Waals surface area (Å²) in [7, 11) is 0. The van der Waals surface area contributed by atoms with Crippen LogP contribution in [0.3, 0.4) is 0 Å². The number of Topliss-reactive ketones (excluding diaryl/α,β-unsaturated/α-hetero) is 4. The van der Waals surface area contributed by atoms with E-state index in [1.165, 1.54) is 30.4 Å². The van der Waals surface area contributed by atoms with E-state index in [4.69, 9.17) is 28.4 Å². The highest BCUT2D eigenvalue weighted by atomic mass is 16.7. The molecule has 0 aromatic heterocycles. The number of benzene rings is 1. The lowest BCUT2D eigenvalue weighted by Gasteiger charge is -2.53. The Balaban J connectivity index is 1.05. The Morgan fingerprint density at radius 1 is 0.860 bits per heavy atom. The number of aliphatic hydroxyl groups is 2. The summed E-state index contributed by atoms with van der Waals surface area (Å²) < 4.78 is 36.2. The van der Waals surface area contributed by atoms with Gasteiger partial charge in [0, 0.05) is 42.4 Å². The van der Waals surface area contributed by atoms with E-state index in [1.54, 1.807) is 32.9 Å². The molecule has 3 saturated heterocycles. The Hall–Kier alpha value is -3.53. The molecule has 1 aromatic rings. The Morgan fingerprint density at radius 3 is 2.40 bits per heavy atom. The van der Waals surface area contributed by atoms with E-state index in [0.717, 1.165) is 0 Å². The number of ether oxygens (including phenoxy) is 6. The monoisotopic (exact) mass is 690 g/mol. The summed E-state index contributed by atoms with van der Waals surface area (Å²) >= 11 is 0. The van der Waals surface area contributed by atoms with Gasteiger partial charge in [0.15, 0.2) is 47.1 Å². The molecule has 4 fully saturated rings. The summed E-state index contributed by atoms with van der Waals surface area (Å²) in [5.41, 5.74) is -6.35. The number of allylic oxidation sites excluding steroid dienone is 2. The second-order valence-electron chi connectivity index (χ2n) is 14.7. The first-order valence-corrected chi connectivity index (χ1v) is 17.0. The van der Waals surface area contributed by atoms with Gasteiger partial charge in [-0.1, -0.05) is 12.1 Å². The van der Waals surface area contributed by atoms with Crippen LogP contribution in [0.25, 0.3) is 0 Å². The van der Waals surface area contributed by atoms with Crippen LogP contribution in [-0.4, -0.2) is 105 Å². The minimum Gasteiger partial charge on any atom is -0.382 e. The van der Waals surface area contributed by atoms with Crippen LogP contribution < -0.4 is 0 Å². The first-order chi connectivity index (χ1) is 23.6. The maximum absolute atomic E-state index is 14.1. The number of rotatable bonds is 3. The van der Waals surface area contributed by atoms with E-state index < -0.39 is 101 Å². The van der Waals surface area contributed by atoms with E-state index in [0.29, 0.717) is 12.0 Å². The van der Waals surface area contributed by atoms with Crippen molar-refractivity contribution in [1.82, 2.24) is 0 Å². The molecule has 0 spiro atoms. The average Bonchev–Trinajstić information content (AvgIpc) is 3.05. The first-order valence-electron chi connectivity index (χ1n) is 17.0. The van der Waals surface area contributed by atoms with Crippen LogP contribution >= 0.6 is 0 Å². The first kappa shape index (κ1) is 33.6. The largest absolute Gasteiger partial charge is 0.382 e. The van der Waals surface area contributed by atoms with Gasteiger partial charge < -0.3 is 38.6 Å². The molecular formula is C37H38O13. The highest BCUT2D eigenvalue weighted by molar-refractivity contribution is 6.31. The number of carbonyl (C=O) groups excluding carboxylic acids is 5. The summed E-state index contributed by atoms with van der Waals surface area (Å²) in [6, 6.07) is 4.70. The quantitative estimate of drug-likeness (QED) is 0.471. The molecule has 3 aliphatic carbocycles. The Morgan fingerprint density at radius 2 is 1.64 bits per heavy atom. The average molecular weight is 691 g/mol. The van der Waals surface area contributed by atoms with Crippen LogP contribution in [0.1, 0.15) is 85.8 Å². The van der Waals surface area contributed by atoms with Crippen molar-refractivity contribution in [2.45, 2.75) is 125 Å². The number of carbonyl (C=O) groups is 5. The van der Waals surface area contributed by atoms with Gasteiger partial charge in [-0.2, -0.15) is 0 Å². The fourth-order valence-corrected chi connectivity index (χ4v) is 8.48. The number of hydrogen-bond acceptors (Lipinski definition) is 13. The van der Waals surface area contributed by atoms with E-state index in [-0.39, 0.29) is 41.1 Å². The van der Waals surface area contributed by atoms with Crippen LogP contribution in [0.4, 0.5) is 0 Å². The molecule has 1 aromatic carbocycles. The van der Waals surface area contributed by atoms with Crippen LogP contribution in [-0.2, 0) is 42.8 Å². The molecule has 4 aliphatic heterocycles. The molecular weight excluding hydrogens is 652 g/mol. The zero-order valence-corrected chi connectivity index (χ0v) is 28.0. The van der Waals surface area contributed by atoms with Crippen molar-refractivity contribution in [3.05, 3.63) is 70.3 Å². The van der Waals surface area contributed by atoms with Crippen molar-refractivity contribution in [1.29, 1.82) is 0 Å². The van der Waals surface area contributed by atoms with Crippen LogP contribution in [0.5, 0.6) is 0 Å². The molecule has 12 atom stereocenters. The van der Waals surface area contributed by atoms with Gasteiger partial charge in [0.05, 0.1) is 29.5 Å². The highest BCUT2D eigenvalue weighted by Gasteiger charge is 2.67. The van der Waals surface area contributed by atoms with Crippen molar-refractivity contribution < 1.29 is 62.6 Å². The predicted octanol–water partition coefficient (Wildman–Crippen LogP) is 2.11. The zero-order valence-electron chi connectivity index (χ0n) is 28.0. The van der Waals surface area contributed by atoms with Gasteiger partial charge in [-0.25, -0.2) is 0 Å². The van der Waals surface area contributed by atoms with Gasteiger partial charge in [-0.05, 0) is 63.6 Å². The lowest BCUT2D eigenvalue weighted by atomic mass is 9.57. The molecule has 0 bridgehead atoms. The molecule has 0 radical (unpaired) electrons. The molecule has 0 amide bonds. The Bertz CT molecular complexity index is 1830. The van der Waals surface area contributed by atoms with Gasteiger partial charge in [0.2, 0.25) is 0 Å². The van der Waals surface area contributed by atoms with Gasteiger partial charge >= 0.3 is 0 Å². The molecule has 13 heteroatoms. The van der Waals surface area contributed by atoms with E-state index >= 15 is 0 Å². The lowest BCUT2D eigenvalue weighted by Crippen LogP contribution is -2.69. The molecule has 8 rings (SSSR count). The SMILES string of the molecule is CC1OC(O[C@@]2(C)CC(=O)[C@@]3(O)C4=C(C=C[C@]3(O)C2)C(=O)c2cc(C3C[C@H]5OC6CC(=O)C(C)OC6O[C@H]5[C@H](C)O3)ccc2C4=O)C=CC1=O. The second kappa shape index (κ2) is 11.5. The number of hydrogen-bond donors (Lipinski definition) is 2. The Kier molecular flexibility index (Phi) is 7.72. The molecule has 50 heavy (non-hydrogen) atoms.